The van der Waals surface area contributed by atoms with Gasteiger partial charge in [-0.2, -0.15) is 4.52 Å². The number of hydrogen-bond donors (Lipinski definition) is 1. The van der Waals surface area contributed by atoms with Crippen LogP contribution in [0, 0.1) is 0 Å². The summed E-state index contributed by atoms with van der Waals surface area (Å²) in [6, 6.07) is 5.42. The van der Waals surface area contributed by atoms with Gasteiger partial charge in [-0.25, -0.2) is 4.98 Å². The van der Waals surface area contributed by atoms with Crippen LogP contribution in [0.5, 0.6) is 5.88 Å². The van der Waals surface area contributed by atoms with Gasteiger partial charge in [0.25, 0.3) is 0 Å². The second-order valence-corrected chi connectivity index (χ2v) is 9.41. The molecule has 2 aliphatic rings. The fourth-order valence-electron chi connectivity index (χ4n) is 4.24. The zero-order valence-corrected chi connectivity index (χ0v) is 18.8. The molecule has 0 radical (unpaired) electrons. The van der Waals surface area contributed by atoms with Crippen LogP contribution in [0.25, 0.3) is 4.96 Å². The third-order valence-corrected chi connectivity index (χ3v) is 7.62. The Kier molecular flexibility index (Phi) is 5.41. The van der Waals surface area contributed by atoms with Gasteiger partial charge in [-0.05, 0) is 17.7 Å². The zero-order chi connectivity index (χ0) is 20.9. The molecule has 1 spiro atoms. The number of hydrogen-bond acceptors (Lipinski definition) is 7. The van der Waals surface area contributed by atoms with Gasteiger partial charge in [-0.15, -0.1) is 5.10 Å². The molecule has 7 nitrogen and oxygen atoms in total. The monoisotopic (exact) mass is 468 g/mol. The average Bonchev–Trinajstić information content (AvgIpc) is 3.44. The molecule has 5 rings (SSSR count). The van der Waals surface area contributed by atoms with Crippen LogP contribution in [0.2, 0.25) is 10.0 Å². The molecule has 1 N–H and O–H groups in total. The zero-order valence-electron chi connectivity index (χ0n) is 16.5. The van der Waals surface area contributed by atoms with E-state index >= 15 is 0 Å². The summed E-state index contributed by atoms with van der Waals surface area (Å²) in [5, 5.41) is 16.4. The van der Waals surface area contributed by atoms with Crippen LogP contribution in [0.3, 0.4) is 0 Å². The number of fused-ring (bicyclic) bond motifs is 1. The van der Waals surface area contributed by atoms with Crippen molar-refractivity contribution < 1.29 is 14.6 Å². The molecule has 0 aliphatic carbocycles. The lowest BCUT2D eigenvalue weighted by atomic mass is 9.97. The summed E-state index contributed by atoms with van der Waals surface area (Å²) in [5.41, 5.74) is 0.962. The van der Waals surface area contributed by atoms with E-state index in [0.29, 0.717) is 40.5 Å². The molecule has 0 bridgehead atoms. The quantitative estimate of drug-likeness (QED) is 0.615. The van der Waals surface area contributed by atoms with Gasteiger partial charge in [0.1, 0.15) is 0 Å². The Morgan fingerprint density at radius 3 is 2.57 bits per heavy atom. The van der Waals surface area contributed by atoms with E-state index in [9.17, 15) is 5.11 Å². The van der Waals surface area contributed by atoms with Crippen LogP contribution in [-0.2, 0) is 15.9 Å². The molecular weight excluding hydrogens is 447 g/mol. The first-order valence-electron chi connectivity index (χ1n) is 10.0. The molecule has 10 heteroatoms. The average molecular weight is 469 g/mol. The fourth-order valence-corrected chi connectivity index (χ4v) is 5.68. The Bertz CT molecular complexity index is 1070. The number of aryl methyl sites for hydroxylation is 1. The van der Waals surface area contributed by atoms with Gasteiger partial charge in [0.2, 0.25) is 10.8 Å². The van der Waals surface area contributed by atoms with Crippen molar-refractivity contribution in [2.45, 2.75) is 38.0 Å². The third kappa shape index (κ3) is 3.49. The molecule has 1 atom stereocenters. The maximum absolute atomic E-state index is 11.0. The molecule has 1 aromatic carbocycles. The van der Waals surface area contributed by atoms with Crippen LogP contribution in [-0.4, -0.2) is 56.7 Å². The van der Waals surface area contributed by atoms with Gasteiger partial charge in [-0.3, -0.25) is 4.90 Å². The Balaban J connectivity index is 1.54. The van der Waals surface area contributed by atoms with Crippen LogP contribution in [0.15, 0.2) is 18.2 Å². The number of piperidine rings is 1. The van der Waals surface area contributed by atoms with Gasteiger partial charge in [0.05, 0.1) is 34.2 Å². The van der Waals surface area contributed by atoms with E-state index < -0.39 is 5.79 Å². The maximum Gasteiger partial charge on any atom is 0.230 e. The third-order valence-electron chi connectivity index (χ3n) is 5.81. The van der Waals surface area contributed by atoms with Crippen molar-refractivity contribution in [3.05, 3.63) is 44.5 Å². The number of benzene rings is 1. The predicted molar refractivity (Wildman–Crippen MR) is 116 cm³/mol. The van der Waals surface area contributed by atoms with Crippen molar-refractivity contribution in [1.29, 1.82) is 0 Å². The minimum Gasteiger partial charge on any atom is -0.492 e. The Labute approximate surface area is 188 Å². The lowest BCUT2D eigenvalue weighted by molar-refractivity contribution is -0.187. The molecular formula is C20H22Cl2N4O3S. The summed E-state index contributed by atoms with van der Waals surface area (Å²) in [4.78, 5) is 8.32. The minimum absolute atomic E-state index is 0.118. The first-order valence-corrected chi connectivity index (χ1v) is 11.6. The molecule has 160 valence electrons. The highest BCUT2D eigenvalue weighted by Gasteiger charge is 2.42. The topological polar surface area (TPSA) is 72.1 Å². The molecule has 2 aromatic heterocycles. The van der Waals surface area contributed by atoms with Crippen molar-refractivity contribution in [3.63, 3.8) is 0 Å². The van der Waals surface area contributed by atoms with Crippen molar-refractivity contribution in [3.8, 4) is 5.88 Å². The first-order chi connectivity index (χ1) is 14.5. The fraction of sp³-hybridized carbons (Fsp3) is 0.500. The summed E-state index contributed by atoms with van der Waals surface area (Å²) >= 11 is 14.0. The number of likely N-dealkylation sites (tertiary alicyclic amines) is 1. The molecule has 4 heterocycles. The lowest BCUT2D eigenvalue weighted by Crippen LogP contribution is -2.46. The number of aromatic nitrogens is 3. The molecule has 2 fully saturated rings. The van der Waals surface area contributed by atoms with Gasteiger partial charge >= 0.3 is 0 Å². The number of nitrogens with zero attached hydrogens (tertiary/aromatic N) is 4. The van der Waals surface area contributed by atoms with E-state index in [-0.39, 0.29) is 11.9 Å². The van der Waals surface area contributed by atoms with Crippen LogP contribution in [0.4, 0.5) is 0 Å². The molecule has 0 saturated carbocycles. The number of halogens is 2. The highest BCUT2D eigenvalue weighted by Crippen LogP contribution is 2.43. The second kappa shape index (κ2) is 7.93. The SMILES string of the molecule is CCc1nc2sc([C@@H](c3ccc(Cl)c(Cl)c3)N3CCC4(CC3)OCCO4)c(O)n2n1. The summed E-state index contributed by atoms with van der Waals surface area (Å²) < 4.78 is 13.3. The van der Waals surface area contributed by atoms with Gasteiger partial charge in [0, 0.05) is 32.4 Å². The van der Waals surface area contributed by atoms with Crippen molar-refractivity contribution >= 4 is 39.5 Å². The summed E-state index contributed by atoms with van der Waals surface area (Å²) in [6.07, 6.45) is 2.26. The Morgan fingerprint density at radius 1 is 1.20 bits per heavy atom. The van der Waals surface area contributed by atoms with Crippen molar-refractivity contribution in [1.82, 2.24) is 19.5 Å². The van der Waals surface area contributed by atoms with Gasteiger partial charge in [0.15, 0.2) is 11.6 Å². The first kappa shape index (κ1) is 20.5. The van der Waals surface area contributed by atoms with E-state index in [1.165, 1.54) is 15.9 Å². The number of ether oxygens (including phenoxy) is 2. The smallest absolute Gasteiger partial charge is 0.230 e. The standard InChI is InChI=1S/C20H22Cl2N4O3S/c1-2-15-23-19-26(24-15)18(27)17(30-19)16(12-3-4-13(21)14(22)11-12)25-7-5-20(6-8-25)28-9-10-29-20/h3-4,11,16,27H,2,5-10H2,1H3/t16-/m1/s1. The number of rotatable bonds is 4. The largest absolute Gasteiger partial charge is 0.492 e. The summed E-state index contributed by atoms with van der Waals surface area (Å²) in [5.74, 6) is 0.360. The van der Waals surface area contributed by atoms with E-state index in [4.69, 9.17) is 32.7 Å². The molecule has 2 aliphatic heterocycles. The van der Waals surface area contributed by atoms with Crippen molar-refractivity contribution in [2.75, 3.05) is 26.3 Å². The molecule has 2 saturated heterocycles. The molecule has 30 heavy (non-hydrogen) atoms. The normalized spacial score (nSPS) is 20.4. The molecule has 0 amide bonds. The van der Waals surface area contributed by atoms with E-state index in [2.05, 4.69) is 15.0 Å². The molecule has 0 unspecified atom stereocenters. The minimum atomic E-state index is -0.470. The van der Waals surface area contributed by atoms with E-state index in [1.54, 1.807) is 6.07 Å². The number of aromatic hydroxyl groups is 1. The maximum atomic E-state index is 11.0. The highest BCUT2D eigenvalue weighted by atomic mass is 35.5. The Morgan fingerprint density at radius 2 is 1.93 bits per heavy atom. The van der Waals surface area contributed by atoms with Crippen molar-refractivity contribution in [2.24, 2.45) is 0 Å². The van der Waals surface area contributed by atoms with E-state index in [1.807, 2.05) is 19.1 Å². The lowest BCUT2D eigenvalue weighted by Gasteiger charge is -2.41. The Hall–Kier alpha value is -1.42. The summed E-state index contributed by atoms with van der Waals surface area (Å²) in [6.45, 7) is 4.80. The van der Waals surface area contributed by atoms with E-state index in [0.717, 1.165) is 36.4 Å². The van der Waals surface area contributed by atoms with Gasteiger partial charge < -0.3 is 14.6 Å². The van der Waals surface area contributed by atoms with Crippen LogP contribution >= 0.6 is 34.5 Å². The van der Waals surface area contributed by atoms with Crippen LogP contribution < -0.4 is 0 Å². The van der Waals surface area contributed by atoms with Crippen LogP contribution in [0.1, 0.15) is 42.1 Å². The second-order valence-electron chi connectivity index (χ2n) is 7.59. The predicted octanol–water partition coefficient (Wildman–Crippen LogP) is 4.29. The number of thiazole rings is 1. The van der Waals surface area contributed by atoms with Gasteiger partial charge in [-0.1, -0.05) is 47.5 Å². The highest BCUT2D eigenvalue weighted by molar-refractivity contribution is 7.17. The molecule has 3 aromatic rings. The summed E-state index contributed by atoms with van der Waals surface area (Å²) in [7, 11) is 0.